The van der Waals surface area contributed by atoms with Gasteiger partial charge in [0.25, 0.3) is 6.43 Å². The summed E-state index contributed by atoms with van der Waals surface area (Å²) < 4.78 is 25.1. The van der Waals surface area contributed by atoms with E-state index in [4.69, 9.17) is 0 Å². The van der Waals surface area contributed by atoms with Gasteiger partial charge in [0, 0.05) is 16.0 Å². The summed E-state index contributed by atoms with van der Waals surface area (Å²) in [5, 5.41) is 0.619. The van der Waals surface area contributed by atoms with Gasteiger partial charge >= 0.3 is 0 Å². The Bertz CT molecular complexity index is 315. The van der Waals surface area contributed by atoms with Crippen molar-refractivity contribution in [3.05, 3.63) is 27.5 Å². The molecule has 0 unspecified atom stereocenters. The van der Waals surface area contributed by atoms with E-state index in [0.29, 0.717) is 9.80 Å². The minimum atomic E-state index is -2.53. The van der Waals surface area contributed by atoms with Crippen LogP contribution in [0.25, 0.3) is 0 Å². The Balaban J connectivity index is 3.23. The average Bonchev–Trinajstić information content (AvgIpc) is 2.09. The van der Waals surface area contributed by atoms with Crippen molar-refractivity contribution in [3.63, 3.8) is 0 Å². The molecule has 72 valence electrons. The Morgan fingerprint density at radius 3 is 2.62 bits per heavy atom. The molecule has 0 spiro atoms. The van der Waals surface area contributed by atoms with E-state index in [0.717, 1.165) is 11.1 Å². The standard InChI is InChI=1S/C8H7Br2F2N/c1-4-5(2-9)3-13-7(6(4)10)8(11)12/h3,8H,2H2,1H3. The Labute approximate surface area is 91.8 Å². The summed E-state index contributed by atoms with van der Waals surface area (Å²) in [5.74, 6) is 0. The lowest BCUT2D eigenvalue weighted by Gasteiger charge is -2.08. The number of pyridine rings is 1. The van der Waals surface area contributed by atoms with Gasteiger partial charge < -0.3 is 0 Å². The highest BCUT2D eigenvalue weighted by Crippen LogP contribution is 2.30. The second-order valence-corrected chi connectivity index (χ2v) is 3.90. The zero-order chi connectivity index (χ0) is 10.0. The maximum Gasteiger partial charge on any atom is 0.281 e. The molecule has 0 atom stereocenters. The fraction of sp³-hybridized carbons (Fsp3) is 0.375. The Hall–Kier alpha value is -0.0300. The first-order chi connectivity index (χ1) is 6.07. The molecule has 0 amide bonds. The van der Waals surface area contributed by atoms with Crippen molar-refractivity contribution in [3.8, 4) is 0 Å². The lowest BCUT2D eigenvalue weighted by molar-refractivity contribution is 0.145. The number of nitrogens with zero attached hydrogens (tertiary/aromatic N) is 1. The summed E-state index contributed by atoms with van der Waals surface area (Å²) >= 11 is 6.36. The molecule has 1 aromatic rings. The minimum Gasteiger partial charge on any atom is -0.254 e. The molecule has 13 heavy (non-hydrogen) atoms. The van der Waals surface area contributed by atoms with Crippen molar-refractivity contribution in [2.45, 2.75) is 18.7 Å². The number of halogens is 4. The molecule has 0 aliphatic rings. The molecule has 0 N–H and O–H groups in total. The van der Waals surface area contributed by atoms with Crippen LogP contribution in [-0.2, 0) is 5.33 Å². The Kier molecular flexibility index (Phi) is 3.79. The van der Waals surface area contributed by atoms with Gasteiger partial charge in [-0.15, -0.1) is 0 Å². The second-order valence-electron chi connectivity index (χ2n) is 2.54. The van der Waals surface area contributed by atoms with E-state index in [2.05, 4.69) is 36.8 Å². The van der Waals surface area contributed by atoms with E-state index >= 15 is 0 Å². The predicted molar refractivity (Wildman–Crippen MR) is 54.3 cm³/mol. The molecule has 1 nitrogen and oxygen atoms in total. The van der Waals surface area contributed by atoms with Crippen LogP contribution >= 0.6 is 31.9 Å². The van der Waals surface area contributed by atoms with Crippen LogP contribution in [0, 0.1) is 6.92 Å². The van der Waals surface area contributed by atoms with Crippen molar-refractivity contribution in [1.82, 2.24) is 4.98 Å². The minimum absolute atomic E-state index is 0.192. The molecule has 5 heteroatoms. The third-order valence-corrected chi connectivity index (χ3v) is 3.35. The molecule has 0 aromatic carbocycles. The Morgan fingerprint density at radius 1 is 1.54 bits per heavy atom. The van der Waals surface area contributed by atoms with E-state index in [1.807, 2.05) is 0 Å². The van der Waals surface area contributed by atoms with Gasteiger partial charge in [0.2, 0.25) is 0 Å². The number of rotatable bonds is 2. The molecular formula is C8H7Br2F2N. The lowest BCUT2D eigenvalue weighted by Crippen LogP contribution is -1.97. The van der Waals surface area contributed by atoms with Crippen molar-refractivity contribution >= 4 is 31.9 Å². The number of hydrogen-bond acceptors (Lipinski definition) is 1. The molecule has 0 aliphatic carbocycles. The highest BCUT2D eigenvalue weighted by Gasteiger charge is 2.16. The van der Waals surface area contributed by atoms with Crippen molar-refractivity contribution < 1.29 is 8.78 Å². The van der Waals surface area contributed by atoms with Gasteiger partial charge in [-0.1, -0.05) is 15.9 Å². The van der Waals surface area contributed by atoms with Crippen LogP contribution in [0.3, 0.4) is 0 Å². The van der Waals surface area contributed by atoms with Gasteiger partial charge in [-0.05, 0) is 34.0 Å². The summed E-state index contributed by atoms with van der Waals surface area (Å²) in [6.45, 7) is 1.79. The monoisotopic (exact) mass is 313 g/mol. The van der Waals surface area contributed by atoms with E-state index < -0.39 is 6.43 Å². The quantitative estimate of drug-likeness (QED) is 0.752. The van der Waals surface area contributed by atoms with E-state index in [9.17, 15) is 8.78 Å². The summed E-state index contributed by atoms with van der Waals surface area (Å²) in [6.07, 6.45) is -1.06. The third kappa shape index (κ3) is 2.26. The molecule has 1 aromatic heterocycles. The lowest BCUT2D eigenvalue weighted by atomic mass is 10.1. The molecule has 0 radical (unpaired) electrons. The van der Waals surface area contributed by atoms with Crippen LogP contribution < -0.4 is 0 Å². The van der Waals surface area contributed by atoms with Gasteiger partial charge in [-0.25, -0.2) is 8.78 Å². The largest absolute Gasteiger partial charge is 0.281 e. The predicted octanol–water partition coefficient (Wildman–Crippen LogP) is 3.99. The second kappa shape index (κ2) is 4.46. The SMILES string of the molecule is Cc1c(CBr)cnc(C(F)F)c1Br. The molecule has 0 saturated heterocycles. The maximum absolute atomic E-state index is 12.3. The molecular weight excluding hydrogens is 308 g/mol. The zero-order valence-corrected chi connectivity index (χ0v) is 9.99. The van der Waals surface area contributed by atoms with Crippen molar-refractivity contribution in [2.75, 3.05) is 0 Å². The highest BCUT2D eigenvalue weighted by molar-refractivity contribution is 9.10. The molecule has 1 rings (SSSR count). The molecule has 1 heterocycles. The first-order valence-corrected chi connectivity index (χ1v) is 5.47. The van der Waals surface area contributed by atoms with Gasteiger partial charge in [-0.2, -0.15) is 0 Å². The summed E-state index contributed by atoms with van der Waals surface area (Å²) in [5.41, 5.74) is 1.53. The summed E-state index contributed by atoms with van der Waals surface area (Å²) in [7, 11) is 0. The summed E-state index contributed by atoms with van der Waals surface area (Å²) in [6, 6.07) is 0. The van der Waals surface area contributed by atoms with Gasteiger partial charge in [0.15, 0.2) is 0 Å². The maximum atomic E-state index is 12.3. The Morgan fingerprint density at radius 2 is 2.15 bits per heavy atom. The van der Waals surface area contributed by atoms with Gasteiger partial charge in [0.05, 0.1) is 0 Å². The summed E-state index contributed by atoms with van der Waals surface area (Å²) in [4.78, 5) is 3.68. The van der Waals surface area contributed by atoms with Crippen molar-refractivity contribution in [2.24, 2.45) is 0 Å². The van der Waals surface area contributed by atoms with Crippen molar-refractivity contribution in [1.29, 1.82) is 0 Å². The number of alkyl halides is 3. The first-order valence-electron chi connectivity index (χ1n) is 3.56. The third-order valence-electron chi connectivity index (χ3n) is 1.75. The first kappa shape index (κ1) is 11.0. The normalized spacial score (nSPS) is 10.9. The van der Waals surface area contributed by atoms with Crippen LogP contribution in [0.1, 0.15) is 23.2 Å². The molecule has 0 saturated carbocycles. The van der Waals surface area contributed by atoms with Crippen LogP contribution in [0.2, 0.25) is 0 Å². The molecule has 0 bridgehead atoms. The zero-order valence-electron chi connectivity index (χ0n) is 6.82. The van der Waals surface area contributed by atoms with E-state index in [1.165, 1.54) is 6.20 Å². The number of aromatic nitrogens is 1. The van der Waals surface area contributed by atoms with Crippen LogP contribution in [-0.4, -0.2) is 4.98 Å². The fourth-order valence-electron chi connectivity index (χ4n) is 0.921. The van der Waals surface area contributed by atoms with E-state index in [-0.39, 0.29) is 5.69 Å². The van der Waals surface area contributed by atoms with Crippen LogP contribution in [0.15, 0.2) is 10.7 Å². The van der Waals surface area contributed by atoms with E-state index in [1.54, 1.807) is 6.92 Å². The smallest absolute Gasteiger partial charge is 0.254 e. The number of hydrogen-bond donors (Lipinski definition) is 0. The van der Waals surface area contributed by atoms with Crippen LogP contribution in [0.5, 0.6) is 0 Å². The highest BCUT2D eigenvalue weighted by atomic mass is 79.9. The van der Waals surface area contributed by atoms with Crippen LogP contribution in [0.4, 0.5) is 8.78 Å². The fourth-order valence-corrected chi connectivity index (χ4v) is 2.02. The van der Waals surface area contributed by atoms with Gasteiger partial charge in [0.1, 0.15) is 5.69 Å². The molecule has 0 fully saturated rings. The molecule has 0 aliphatic heterocycles. The average molecular weight is 315 g/mol. The topological polar surface area (TPSA) is 12.9 Å². The van der Waals surface area contributed by atoms with Gasteiger partial charge in [-0.3, -0.25) is 4.98 Å².